The van der Waals surface area contributed by atoms with Gasteiger partial charge in [-0.2, -0.15) is 0 Å². The van der Waals surface area contributed by atoms with Gasteiger partial charge in [0.05, 0.1) is 19.1 Å². The number of hydrogen-bond donors (Lipinski definition) is 0. The summed E-state index contributed by atoms with van der Waals surface area (Å²) in [6.45, 7) is 0. The smallest absolute Gasteiger partial charge is 0.127 e. The summed E-state index contributed by atoms with van der Waals surface area (Å²) in [6, 6.07) is 4.51. The van der Waals surface area contributed by atoms with Crippen LogP contribution in [0.25, 0.3) is 0 Å². The third kappa shape index (κ3) is 2.49. The van der Waals surface area contributed by atoms with Gasteiger partial charge in [0.2, 0.25) is 0 Å². The molecule has 0 aliphatic rings. The van der Waals surface area contributed by atoms with E-state index < -0.39 is 0 Å². The van der Waals surface area contributed by atoms with E-state index in [4.69, 9.17) is 4.74 Å². The summed E-state index contributed by atoms with van der Waals surface area (Å²) >= 11 is 3.37. The molecule has 1 aromatic heterocycles. The molecule has 0 atom stereocenters. The molecular weight excluding hydrogens is 287 g/mol. The molecular formula is C12H12BrFN2O. The molecule has 3 nitrogen and oxygen atoms in total. The van der Waals surface area contributed by atoms with Crippen molar-refractivity contribution in [2.24, 2.45) is 7.05 Å². The Hall–Kier alpha value is -1.36. The average Bonchev–Trinajstić information content (AvgIpc) is 2.61. The molecule has 0 amide bonds. The first kappa shape index (κ1) is 12.1. The molecule has 2 aromatic rings. The standard InChI is InChI=1S/C12H12BrFN2O/c1-16-7-15-12(13)10(16)6-8-5-9(14)3-4-11(8)17-2/h3-5,7H,6H2,1-2H3. The Morgan fingerprint density at radius 3 is 2.82 bits per heavy atom. The van der Waals surface area contributed by atoms with Gasteiger partial charge in [-0.05, 0) is 34.1 Å². The molecule has 0 fully saturated rings. The van der Waals surface area contributed by atoms with E-state index in [1.807, 2.05) is 11.6 Å². The van der Waals surface area contributed by atoms with Crippen LogP contribution in [0.2, 0.25) is 0 Å². The molecule has 0 saturated carbocycles. The van der Waals surface area contributed by atoms with Gasteiger partial charge in [-0.25, -0.2) is 9.37 Å². The Morgan fingerprint density at radius 1 is 1.47 bits per heavy atom. The number of aryl methyl sites for hydroxylation is 1. The molecule has 17 heavy (non-hydrogen) atoms. The normalized spacial score (nSPS) is 10.6. The number of rotatable bonds is 3. The molecule has 1 aromatic carbocycles. The first-order chi connectivity index (χ1) is 8.11. The van der Waals surface area contributed by atoms with Crippen molar-refractivity contribution in [3.63, 3.8) is 0 Å². The Morgan fingerprint density at radius 2 is 2.24 bits per heavy atom. The summed E-state index contributed by atoms with van der Waals surface area (Å²) in [7, 11) is 3.48. The highest BCUT2D eigenvalue weighted by Crippen LogP contribution is 2.25. The largest absolute Gasteiger partial charge is 0.496 e. The van der Waals surface area contributed by atoms with Crippen LogP contribution in [-0.2, 0) is 13.5 Å². The molecule has 2 rings (SSSR count). The summed E-state index contributed by atoms with van der Waals surface area (Å²) in [5.74, 6) is 0.415. The fourth-order valence-electron chi connectivity index (χ4n) is 1.69. The first-order valence-corrected chi connectivity index (χ1v) is 5.89. The van der Waals surface area contributed by atoms with Gasteiger partial charge in [-0.15, -0.1) is 0 Å². The number of nitrogens with zero attached hydrogens (tertiary/aromatic N) is 2. The van der Waals surface area contributed by atoms with Gasteiger partial charge >= 0.3 is 0 Å². The number of hydrogen-bond acceptors (Lipinski definition) is 2. The maximum absolute atomic E-state index is 13.2. The van der Waals surface area contributed by atoms with Gasteiger partial charge < -0.3 is 9.30 Å². The summed E-state index contributed by atoms with van der Waals surface area (Å²) in [6.07, 6.45) is 2.28. The zero-order chi connectivity index (χ0) is 12.4. The lowest BCUT2D eigenvalue weighted by molar-refractivity contribution is 0.409. The second-order valence-electron chi connectivity index (χ2n) is 3.73. The average molecular weight is 299 g/mol. The van der Waals surface area contributed by atoms with Crippen LogP contribution >= 0.6 is 15.9 Å². The molecule has 0 aliphatic heterocycles. The van der Waals surface area contributed by atoms with E-state index in [0.29, 0.717) is 12.2 Å². The first-order valence-electron chi connectivity index (χ1n) is 5.10. The summed E-state index contributed by atoms with van der Waals surface area (Å²) in [4.78, 5) is 4.14. The van der Waals surface area contributed by atoms with Gasteiger partial charge in [0, 0.05) is 19.0 Å². The number of halogens is 2. The molecule has 5 heteroatoms. The van der Waals surface area contributed by atoms with Crippen LogP contribution < -0.4 is 4.74 Å². The van der Waals surface area contributed by atoms with Gasteiger partial charge in [0.1, 0.15) is 16.2 Å². The van der Waals surface area contributed by atoms with E-state index in [-0.39, 0.29) is 5.82 Å². The third-order valence-electron chi connectivity index (χ3n) is 2.61. The molecule has 0 spiro atoms. The zero-order valence-corrected chi connectivity index (χ0v) is 11.2. The molecule has 0 radical (unpaired) electrons. The Balaban J connectivity index is 2.38. The quantitative estimate of drug-likeness (QED) is 0.871. The number of imidazole rings is 1. The molecule has 0 unspecified atom stereocenters. The van der Waals surface area contributed by atoms with Crippen molar-refractivity contribution < 1.29 is 9.13 Å². The Bertz CT molecular complexity index is 520. The highest BCUT2D eigenvalue weighted by molar-refractivity contribution is 9.10. The van der Waals surface area contributed by atoms with Crippen LogP contribution in [0, 0.1) is 5.82 Å². The van der Waals surface area contributed by atoms with E-state index in [9.17, 15) is 4.39 Å². The van der Waals surface area contributed by atoms with Crippen molar-refractivity contribution >= 4 is 15.9 Å². The topological polar surface area (TPSA) is 27.1 Å². The van der Waals surface area contributed by atoms with Crippen molar-refractivity contribution in [3.8, 4) is 5.75 Å². The SMILES string of the molecule is COc1ccc(F)cc1Cc1c(Br)ncn1C. The van der Waals surface area contributed by atoms with Crippen molar-refractivity contribution in [2.75, 3.05) is 7.11 Å². The molecule has 0 aliphatic carbocycles. The maximum atomic E-state index is 13.2. The lowest BCUT2D eigenvalue weighted by atomic mass is 10.1. The number of aromatic nitrogens is 2. The van der Waals surface area contributed by atoms with E-state index in [1.165, 1.54) is 12.1 Å². The fraction of sp³-hybridized carbons (Fsp3) is 0.250. The monoisotopic (exact) mass is 298 g/mol. The minimum atomic E-state index is -0.265. The molecule has 90 valence electrons. The van der Waals surface area contributed by atoms with Gasteiger partial charge in [0.15, 0.2) is 0 Å². The van der Waals surface area contributed by atoms with Gasteiger partial charge in [0.25, 0.3) is 0 Å². The summed E-state index contributed by atoms with van der Waals surface area (Å²) in [5.41, 5.74) is 1.78. The van der Waals surface area contributed by atoms with Crippen molar-refractivity contribution in [1.29, 1.82) is 0 Å². The lowest BCUT2D eigenvalue weighted by Crippen LogP contribution is -2.00. The van der Waals surface area contributed by atoms with Crippen LogP contribution in [0.1, 0.15) is 11.3 Å². The minimum Gasteiger partial charge on any atom is -0.496 e. The minimum absolute atomic E-state index is 0.265. The zero-order valence-electron chi connectivity index (χ0n) is 9.58. The van der Waals surface area contributed by atoms with Crippen molar-refractivity contribution in [3.05, 3.63) is 46.2 Å². The van der Waals surface area contributed by atoms with Crippen LogP contribution in [0.15, 0.2) is 29.1 Å². The van der Waals surface area contributed by atoms with Crippen molar-refractivity contribution in [2.45, 2.75) is 6.42 Å². The molecule has 0 N–H and O–H groups in total. The predicted molar refractivity (Wildman–Crippen MR) is 66.7 cm³/mol. The second-order valence-corrected chi connectivity index (χ2v) is 4.48. The molecule has 0 bridgehead atoms. The third-order valence-corrected chi connectivity index (χ3v) is 3.27. The second kappa shape index (κ2) is 4.87. The predicted octanol–water partition coefficient (Wildman–Crippen LogP) is 2.92. The highest BCUT2D eigenvalue weighted by atomic mass is 79.9. The van der Waals surface area contributed by atoms with Gasteiger partial charge in [-0.3, -0.25) is 0 Å². The van der Waals surface area contributed by atoms with Crippen LogP contribution in [0.5, 0.6) is 5.75 Å². The molecule has 0 saturated heterocycles. The number of benzene rings is 1. The van der Waals surface area contributed by atoms with E-state index in [1.54, 1.807) is 19.5 Å². The van der Waals surface area contributed by atoms with Crippen LogP contribution in [-0.4, -0.2) is 16.7 Å². The number of methoxy groups -OCH3 is 1. The van der Waals surface area contributed by atoms with E-state index in [2.05, 4.69) is 20.9 Å². The Labute approximate surface area is 107 Å². The summed E-state index contributed by atoms with van der Waals surface area (Å²) in [5, 5.41) is 0. The van der Waals surface area contributed by atoms with Crippen molar-refractivity contribution in [1.82, 2.24) is 9.55 Å². The summed E-state index contributed by atoms with van der Waals surface area (Å²) < 4.78 is 21.1. The van der Waals surface area contributed by atoms with E-state index in [0.717, 1.165) is 15.9 Å². The Kier molecular flexibility index (Phi) is 3.47. The fourth-order valence-corrected chi connectivity index (χ4v) is 2.20. The van der Waals surface area contributed by atoms with E-state index >= 15 is 0 Å². The van der Waals surface area contributed by atoms with Crippen LogP contribution in [0.3, 0.4) is 0 Å². The lowest BCUT2D eigenvalue weighted by Gasteiger charge is -2.09. The van der Waals surface area contributed by atoms with Gasteiger partial charge in [-0.1, -0.05) is 0 Å². The highest BCUT2D eigenvalue weighted by Gasteiger charge is 2.11. The van der Waals surface area contributed by atoms with Crippen LogP contribution in [0.4, 0.5) is 4.39 Å². The maximum Gasteiger partial charge on any atom is 0.127 e. The molecule has 1 heterocycles. The number of ether oxygens (including phenoxy) is 1.